The number of rotatable bonds is 4. The van der Waals surface area contributed by atoms with Crippen molar-refractivity contribution in [2.75, 3.05) is 5.73 Å². The second-order valence-electron chi connectivity index (χ2n) is 4.99. The summed E-state index contributed by atoms with van der Waals surface area (Å²) in [6.45, 7) is 0. The molecule has 0 radical (unpaired) electrons. The summed E-state index contributed by atoms with van der Waals surface area (Å²) < 4.78 is 10.2. The van der Waals surface area contributed by atoms with Crippen LogP contribution in [0.1, 0.15) is 0 Å². The van der Waals surface area contributed by atoms with Crippen molar-refractivity contribution in [3.05, 3.63) is 24.3 Å². The van der Waals surface area contributed by atoms with E-state index in [9.17, 15) is 20.1 Å². The highest BCUT2D eigenvalue weighted by Gasteiger charge is 2.57. The number of carbonyl (C=O) groups is 1. The Morgan fingerprint density at radius 3 is 2.13 bits per heavy atom. The predicted molar refractivity (Wildman–Crippen MR) is 76.7 cm³/mol. The summed E-state index contributed by atoms with van der Waals surface area (Å²) in [5.41, 5.74) is 4.34. The van der Waals surface area contributed by atoms with Crippen LogP contribution >= 0.6 is 7.94 Å². The molecular weight excluding hydrogens is 333 g/mol. The van der Waals surface area contributed by atoms with E-state index in [0.717, 1.165) is 0 Å². The van der Waals surface area contributed by atoms with E-state index in [1.165, 1.54) is 24.3 Å². The van der Waals surface area contributed by atoms with Crippen LogP contribution in [-0.4, -0.2) is 66.2 Å². The van der Waals surface area contributed by atoms with Crippen LogP contribution in [0.3, 0.4) is 0 Å². The quantitative estimate of drug-likeness (QED) is 0.231. The molecule has 0 saturated carbocycles. The van der Waals surface area contributed by atoms with Gasteiger partial charge in [-0.15, -0.1) is 0 Å². The van der Waals surface area contributed by atoms with E-state index in [2.05, 4.69) is 0 Å². The molecule has 0 unspecified atom stereocenters. The van der Waals surface area contributed by atoms with Gasteiger partial charge in [0.25, 0.3) is 0 Å². The van der Waals surface area contributed by atoms with Gasteiger partial charge in [0.2, 0.25) is 6.29 Å². The number of hydrogen-bond donors (Lipinski definition) is 7. The summed E-state index contributed by atoms with van der Waals surface area (Å²) in [6, 6.07) is 5.84. The SMILES string of the molecule is Nc1ccc(O[C@H]2O[C@H](C(=O)[P+](O)(O)O)[C@@H](O)[C@H](O)[C@@H]2O)cc1. The van der Waals surface area contributed by atoms with Gasteiger partial charge in [-0.3, -0.25) is 0 Å². The second-order valence-corrected chi connectivity index (χ2v) is 6.57. The van der Waals surface area contributed by atoms with E-state index in [1.54, 1.807) is 0 Å². The van der Waals surface area contributed by atoms with Crippen LogP contribution in [-0.2, 0) is 9.53 Å². The minimum Gasteiger partial charge on any atom is -0.462 e. The Morgan fingerprint density at radius 2 is 1.61 bits per heavy atom. The van der Waals surface area contributed by atoms with E-state index in [0.29, 0.717) is 5.69 Å². The molecule has 11 heteroatoms. The van der Waals surface area contributed by atoms with Crippen molar-refractivity contribution in [1.82, 2.24) is 0 Å². The molecule has 1 fully saturated rings. The van der Waals surface area contributed by atoms with Crippen LogP contribution in [0.4, 0.5) is 5.69 Å². The summed E-state index contributed by atoms with van der Waals surface area (Å²) in [4.78, 5) is 38.7. The van der Waals surface area contributed by atoms with Crippen molar-refractivity contribution in [2.24, 2.45) is 0 Å². The number of carbonyl (C=O) groups excluding carboxylic acids is 1. The minimum atomic E-state index is -4.96. The third-order valence-corrected chi connectivity index (χ3v) is 4.09. The first-order valence-corrected chi connectivity index (χ1v) is 8.09. The van der Waals surface area contributed by atoms with Crippen molar-refractivity contribution >= 4 is 19.2 Å². The number of benzene rings is 1. The largest absolute Gasteiger partial charge is 0.481 e. The maximum atomic E-state index is 11.7. The summed E-state index contributed by atoms with van der Waals surface area (Å²) in [7, 11) is -4.96. The molecule has 2 rings (SSSR count). The van der Waals surface area contributed by atoms with Crippen molar-refractivity contribution in [3.63, 3.8) is 0 Å². The van der Waals surface area contributed by atoms with Gasteiger partial charge in [0.15, 0.2) is 6.10 Å². The summed E-state index contributed by atoms with van der Waals surface area (Å²) in [5.74, 6) is 0.177. The van der Waals surface area contributed by atoms with Crippen molar-refractivity contribution in [2.45, 2.75) is 30.7 Å². The average Bonchev–Trinajstić information content (AvgIpc) is 2.48. The van der Waals surface area contributed by atoms with Crippen molar-refractivity contribution in [1.29, 1.82) is 0 Å². The van der Waals surface area contributed by atoms with Gasteiger partial charge in [-0.1, -0.05) is 0 Å². The first kappa shape index (κ1) is 18.0. The third-order valence-electron chi connectivity index (χ3n) is 3.24. The fourth-order valence-electron chi connectivity index (χ4n) is 2.00. The van der Waals surface area contributed by atoms with Crippen molar-refractivity contribution in [3.8, 4) is 5.75 Å². The highest BCUT2D eigenvalue weighted by atomic mass is 31.2. The van der Waals surface area contributed by atoms with Gasteiger partial charge in [0.1, 0.15) is 24.1 Å². The standard InChI is InChI=1S/C12H17NO9P/c13-5-1-3-6(4-2-5)21-12-9(16)7(14)8(15)10(22-12)11(17)23(18,19)20/h1-4,7-10,12,14-16,18-20H,13H2/q+1/t7-,8-,9-,10-,12-/m0/s1. The van der Waals surface area contributed by atoms with E-state index < -0.39 is 44.2 Å². The van der Waals surface area contributed by atoms with Crippen LogP contribution < -0.4 is 10.5 Å². The number of aliphatic hydroxyl groups is 3. The smallest absolute Gasteiger partial charge is 0.462 e. The highest BCUT2D eigenvalue weighted by molar-refractivity contribution is 7.76. The van der Waals surface area contributed by atoms with E-state index in [-0.39, 0.29) is 5.75 Å². The normalized spacial score (nSPS) is 31.7. The topological polar surface area (TPSA) is 183 Å². The molecule has 1 aromatic rings. The Bertz CT molecular complexity index is 561. The molecule has 1 heterocycles. The van der Waals surface area contributed by atoms with Gasteiger partial charge in [-0.25, -0.2) is 4.79 Å². The van der Waals surface area contributed by atoms with Gasteiger partial charge < -0.3 is 30.5 Å². The summed E-state index contributed by atoms with van der Waals surface area (Å²) in [5, 5.41) is 29.3. The summed E-state index contributed by atoms with van der Waals surface area (Å²) in [6.07, 6.45) is -9.16. The lowest BCUT2D eigenvalue weighted by Crippen LogP contribution is -2.61. The van der Waals surface area contributed by atoms with Crippen molar-refractivity contribution < 1.29 is 44.3 Å². The first-order valence-electron chi connectivity index (χ1n) is 6.45. The third kappa shape index (κ3) is 3.94. The highest BCUT2D eigenvalue weighted by Crippen LogP contribution is 2.48. The molecule has 0 aromatic heterocycles. The maximum absolute atomic E-state index is 11.7. The number of nitrogen functional groups attached to an aromatic ring is 1. The molecule has 0 spiro atoms. The lowest BCUT2D eigenvalue weighted by atomic mass is 9.99. The van der Waals surface area contributed by atoms with Crippen LogP contribution in [0.5, 0.6) is 5.75 Å². The lowest BCUT2D eigenvalue weighted by Gasteiger charge is -2.38. The number of nitrogens with two attached hydrogens (primary N) is 1. The predicted octanol–water partition coefficient (Wildman–Crippen LogP) is -2.28. The molecule has 8 N–H and O–H groups in total. The molecule has 0 amide bonds. The van der Waals surface area contributed by atoms with E-state index in [4.69, 9.17) is 29.9 Å². The molecule has 1 aliphatic rings. The van der Waals surface area contributed by atoms with Gasteiger partial charge in [-0.05, 0) is 24.3 Å². The number of hydrogen-bond acceptors (Lipinski definition) is 10. The molecule has 5 atom stereocenters. The van der Waals surface area contributed by atoms with Gasteiger partial charge in [0, 0.05) is 5.69 Å². The van der Waals surface area contributed by atoms with Crippen LogP contribution in [0.25, 0.3) is 0 Å². The average molecular weight is 350 g/mol. The zero-order valence-corrected chi connectivity index (χ0v) is 12.5. The van der Waals surface area contributed by atoms with Crippen LogP contribution in [0.15, 0.2) is 24.3 Å². The Morgan fingerprint density at radius 1 is 1.04 bits per heavy atom. The zero-order chi connectivity index (χ0) is 17.4. The van der Waals surface area contributed by atoms with Gasteiger partial charge in [0.05, 0.1) is 0 Å². The number of aliphatic hydroxyl groups excluding tert-OH is 3. The molecule has 1 aliphatic heterocycles. The Balaban J connectivity index is 2.19. The molecule has 23 heavy (non-hydrogen) atoms. The minimum absolute atomic E-state index is 0.177. The maximum Gasteiger partial charge on any atom is 0.481 e. The van der Waals surface area contributed by atoms with E-state index >= 15 is 0 Å². The fourth-order valence-corrected chi connectivity index (χ4v) is 2.56. The monoisotopic (exact) mass is 350 g/mol. The molecule has 0 aliphatic carbocycles. The zero-order valence-electron chi connectivity index (χ0n) is 11.6. The molecule has 128 valence electrons. The Kier molecular flexibility index (Phi) is 5.19. The molecule has 0 bridgehead atoms. The lowest BCUT2D eigenvalue weighted by molar-refractivity contribution is -0.264. The van der Waals surface area contributed by atoms with Crippen LogP contribution in [0, 0.1) is 0 Å². The molecule has 1 aromatic carbocycles. The number of ether oxygens (including phenoxy) is 2. The van der Waals surface area contributed by atoms with Gasteiger partial charge in [-0.2, -0.15) is 14.7 Å². The number of anilines is 1. The molecule has 10 nitrogen and oxygen atoms in total. The first-order chi connectivity index (χ1) is 10.6. The summed E-state index contributed by atoms with van der Waals surface area (Å²) >= 11 is 0. The fraction of sp³-hybridized carbons (Fsp3) is 0.417. The van der Waals surface area contributed by atoms with E-state index in [1.807, 2.05) is 0 Å². The Labute approximate surface area is 130 Å². The Hall–Kier alpha value is -1.36. The van der Waals surface area contributed by atoms with Crippen LogP contribution in [0.2, 0.25) is 0 Å². The van der Waals surface area contributed by atoms with Gasteiger partial charge >= 0.3 is 13.5 Å². The molecule has 1 saturated heterocycles. The second kappa shape index (κ2) is 6.63. The molecular formula is C12H17NO9P+.